The average molecular weight is 326 g/mol. The molecule has 24 heavy (non-hydrogen) atoms. The van der Waals surface area contributed by atoms with Crippen molar-refractivity contribution in [2.24, 2.45) is 5.92 Å². The summed E-state index contributed by atoms with van der Waals surface area (Å²) in [6.45, 7) is 0.925. The van der Waals surface area contributed by atoms with Crippen molar-refractivity contribution in [1.82, 2.24) is 10.3 Å². The number of nitrogens with one attached hydrogen (secondary N) is 1. The Morgan fingerprint density at radius 3 is 2.96 bits per heavy atom. The number of amides is 1. The molecule has 2 atom stereocenters. The summed E-state index contributed by atoms with van der Waals surface area (Å²) in [5, 5.41) is 12.7. The third-order valence-corrected chi connectivity index (χ3v) is 4.37. The molecule has 1 fully saturated rings. The maximum Gasteiger partial charge on any atom is 0.251 e. The molecule has 1 aromatic heterocycles. The Hall–Kier alpha value is -2.40. The van der Waals surface area contributed by atoms with Gasteiger partial charge in [0.25, 0.3) is 5.91 Å². The lowest BCUT2D eigenvalue weighted by Gasteiger charge is -2.15. The van der Waals surface area contributed by atoms with E-state index in [1.54, 1.807) is 30.6 Å². The van der Waals surface area contributed by atoms with Crippen LogP contribution < -0.4 is 10.1 Å². The monoisotopic (exact) mass is 326 g/mol. The van der Waals surface area contributed by atoms with Crippen molar-refractivity contribution in [3.8, 4) is 5.75 Å². The Bertz CT molecular complexity index is 675. The number of carbonyl (C=O) groups is 1. The van der Waals surface area contributed by atoms with E-state index in [0.29, 0.717) is 24.5 Å². The zero-order valence-electron chi connectivity index (χ0n) is 13.5. The van der Waals surface area contributed by atoms with Gasteiger partial charge in [-0.25, -0.2) is 0 Å². The predicted octanol–water partition coefficient (Wildman–Crippen LogP) is 2.55. The first-order chi connectivity index (χ1) is 11.7. The molecular formula is C19H22N2O3. The fraction of sp³-hybridized carbons (Fsp3) is 0.368. The second-order valence-electron chi connectivity index (χ2n) is 6.15. The topological polar surface area (TPSA) is 71.5 Å². The summed E-state index contributed by atoms with van der Waals surface area (Å²) < 4.78 is 5.72. The number of pyridine rings is 1. The molecule has 3 rings (SSSR count). The number of nitrogens with zero attached hydrogens (tertiary/aromatic N) is 1. The van der Waals surface area contributed by atoms with E-state index in [4.69, 9.17) is 4.74 Å². The highest BCUT2D eigenvalue weighted by atomic mass is 16.5. The first kappa shape index (κ1) is 16.5. The summed E-state index contributed by atoms with van der Waals surface area (Å²) >= 11 is 0. The van der Waals surface area contributed by atoms with Gasteiger partial charge in [-0.15, -0.1) is 0 Å². The normalized spacial score (nSPS) is 19.9. The molecule has 1 aromatic carbocycles. The van der Waals surface area contributed by atoms with E-state index in [-0.39, 0.29) is 17.9 Å². The molecule has 1 amide bonds. The summed E-state index contributed by atoms with van der Waals surface area (Å²) in [6, 6.07) is 10.9. The third-order valence-electron chi connectivity index (χ3n) is 4.37. The summed E-state index contributed by atoms with van der Waals surface area (Å²) in [6.07, 6.45) is 6.01. The number of aromatic nitrogens is 1. The number of carbonyl (C=O) groups excluding carboxylic acids is 1. The van der Waals surface area contributed by atoms with Crippen LogP contribution in [0.2, 0.25) is 0 Å². The lowest BCUT2D eigenvalue weighted by Crippen LogP contribution is -2.32. The minimum absolute atomic E-state index is 0.138. The van der Waals surface area contributed by atoms with Gasteiger partial charge in [0.05, 0.1) is 6.10 Å². The van der Waals surface area contributed by atoms with Gasteiger partial charge in [0.1, 0.15) is 12.4 Å². The first-order valence-electron chi connectivity index (χ1n) is 8.30. The lowest BCUT2D eigenvalue weighted by molar-refractivity contribution is 0.0916. The number of ether oxygens (including phenoxy) is 1. The van der Waals surface area contributed by atoms with Crippen LogP contribution in [0.3, 0.4) is 0 Å². The van der Waals surface area contributed by atoms with Crippen LogP contribution in [0.15, 0.2) is 48.8 Å². The Morgan fingerprint density at radius 2 is 2.21 bits per heavy atom. The van der Waals surface area contributed by atoms with Crippen molar-refractivity contribution in [2.75, 3.05) is 6.54 Å². The number of aliphatic hydroxyl groups is 1. The Kier molecular flexibility index (Phi) is 5.43. The average Bonchev–Trinajstić information content (AvgIpc) is 3.04. The van der Waals surface area contributed by atoms with Crippen LogP contribution in [0.1, 0.15) is 35.2 Å². The molecule has 2 aromatic rings. The number of benzene rings is 1. The van der Waals surface area contributed by atoms with Gasteiger partial charge in [-0.1, -0.05) is 18.6 Å². The van der Waals surface area contributed by atoms with Gasteiger partial charge in [-0.2, -0.15) is 0 Å². The lowest BCUT2D eigenvalue weighted by atomic mass is 10.1. The highest BCUT2D eigenvalue weighted by molar-refractivity contribution is 5.94. The number of aliphatic hydroxyl groups excluding tert-OH is 1. The number of rotatable bonds is 6. The maximum absolute atomic E-state index is 12.3. The molecule has 2 N–H and O–H groups in total. The molecule has 0 aliphatic heterocycles. The largest absolute Gasteiger partial charge is 0.489 e. The zero-order chi connectivity index (χ0) is 16.8. The van der Waals surface area contributed by atoms with Gasteiger partial charge in [-0.3, -0.25) is 9.78 Å². The molecule has 1 heterocycles. The molecule has 126 valence electrons. The van der Waals surface area contributed by atoms with Gasteiger partial charge in [0.2, 0.25) is 0 Å². The fourth-order valence-corrected chi connectivity index (χ4v) is 2.96. The smallest absolute Gasteiger partial charge is 0.251 e. The maximum atomic E-state index is 12.3. The summed E-state index contributed by atoms with van der Waals surface area (Å²) in [7, 11) is 0. The first-order valence-corrected chi connectivity index (χ1v) is 8.30. The van der Waals surface area contributed by atoms with E-state index in [1.165, 1.54) is 0 Å². The molecular weight excluding hydrogens is 304 g/mol. The van der Waals surface area contributed by atoms with Crippen molar-refractivity contribution < 1.29 is 14.6 Å². The Balaban J connectivity index is 1.55. The summed E-state index contributed by atoms with van der Waals surface area (Å²) in [4.78, 5) is 16.3. The van der Waals surface area contributed by atoms with E-state index >= 15 is 0 Å². The second-order valence-corrected chi connectivity index (χ2v) is 6.15. The van der Waals surface area contributed by atoms with Crippen LogP contribution in [0.4, 0.5) is 0 Å². The molecule has 5 heteroatoms. The minimum Gasteiger partial charge on any atom is -0.489 e. The molecule has 0 bridgehead atoms. The van der Waals surface area contributed by atoms with Gasteiger partial charge < -0.3 is 15.2 Å². The van der Waals surface area contributed by atoms with Crippen molar-refractivity contribution >= 4 is 5.91 Å². The number of hydrogen-bond acceptors (Lipinski definition) is 4. The predicted molar refractivity (Wildman–Crippen MR) is 90.7 cm³/mol. The van der Waals surface area contributed by atoms with Crippen LogP contribution in [0.25, 0.3) is 0 Å². The zero-order valence-corrected chi connectivity index (χ0v) is 13.5. The van der Waals surface area contributed by atoms with Crippen molar-refractivity contribution in [1.29, 1.82) is 0 Å². The molecule has 0 radical (unpaired) electrons. The van der Waals surface area contributed by atoms with Crippen molar-refractivity contribution in [3.05, 3.63) is 59.9 Å². The van der Waals surface area contributed by atoms with E-state index in [1.807, 2.05) is 18.2 Å². The van der Waals surface area contributed by atoms with Gasteiger partial charge in [0, 0.05) is 36.0 Å². The van der Waals surface area contributed by atoms with Crippen LogP contribution >= 0.6 is 0 Å². The second kappa shape index (κ2) is 7.93. The quantitative estimate of drug-likeness (QED) is 0.856. The van der Waals surface area contributed by atoms with E-state index < -0.39 is 0 Å². The van der Waals surface area contributed by atoms with Gasteiger partial charge in [0.15, 0.2) is 0 Å². The van der Waals surface area contributed by atoms with E-state index in [0.717, 1.165) is 24.8 Å². The molecule has 0 saturated heterocycles. The molecule has 1 saturated carbocycles. The number of hydrogen-bond donors (Lipinski definition) is 2. The Morgan fingerprint density at radius 1 is 1.29 bits per heavy atom. The van der Waals surface area contributed by atoms with Crippen LogP contribution in [0, 0.1) is 5.92 Å². The minimum atomic E-state index is -0.292. The third kappa shape index (κ3) is 4.32. The highest BCUT2D eigenvalue weighted by Crippen LogP contribution is 2.24. The molecule has 1 aliphatic carbocycles. The van der Waals surface area contributed by atoms with Crippen LogP contribution in [-0.2, 0) is 6.61 Å². The summed E-state index contributed by atoms with van der Waals surface area (Å²) in [5.41, 5.74) is 1.54. The Labute approximate surface area is 141 Å². The molecule has 2 unspecified atom stereocenters. The van der Waals surface area contributed by atoms with Crippen LogP contribution in [-0.4, -0.2) is 28.6 Å². The summed E-state index contributed by atoms with van der Waals surface area (Å²) in [5.74, 6) is 0.673. The molecule has 0 spiro atoms. The van der Waals surface area contributed by atoms with Gasteiger partial charge >= 0.3 is 0 Å². The van der Waals surface area contributed by atoms with E-state index in [9.17, 15) is 9.90 Å². The van der Waals surface area contributed by atoms with Crippen LogP contribution in [0.5, 0.6) is 5.75 Å². The van der Waals surface area contributed by atoms with Gasteiger partial charge in [-0.05, 0) is 37.1 Å². The fourth-order valence-electron chi connectivity index (χ4n) is 2.96. The highest BCUT2D eigenvalue weighted by Gasteiger charge is 2.25. The molecule has 5 nitrogen and oxygen atoms in total. The van der Waals surface area contributed by atoms with Crippen molar-refractivity contribution in [3.63, 3.8) is 0 Å². The SMILES string of the molecule is O=C(NCC1CCCC1O)c1cccc(OCc2cccnc2)c1. The van der Waals surface area contributed by atoms with E-state index in [2.05, 4.69) is 10.3 Å². The standard InChI is InChI=1S/C19H22N2O3/c22-18-8-2-6-16(18)12-21-19(23)15-5-1-7-17(10-15)24-13-14-4-3-9-20-11-14/h1,3-5,7,9-11,16,18,22H,2,6,8,12-13H2,(H,21,23). The molecule has 1 aliphatic rings. The van der Waals surface area contributed by atoms with Crippen molar-refractivity contribution in [2.45, 2.75) is 32.0 Å².